The molecule has 1 aromatic heterocycles. The summed E-state index contributed by atoms with van der Waals surface area (Å²) < 4.78 is 16.9. The second-order valence-corrected chi connectivity index (χ2v) is 3.85. The maximum atomic E-state index is 12.1. The Bertz CT molecular complexity index is 595. The molecule has 0 aromatic carbocycles. The van der Waals surface area contributed by atoms with E-state index in [-0.39, 0.29) is 0 Å². The van der Waals surface area contributed by atoms with Gasteiger partial charge in [-0.05, 0) is 18.6 Å². The van der Waals surface area contributed by atoms with Crippen LogP contribution in [-0.2, 0) is 0 Å². The molecule has 1 heterocycles. The van der Waals surface area contributed by atoms with E-state index in [1.807, 2.05) is 6.92 Å². The van der Waals surface area contributed by atoms with Gasteiger partial charge in [-0.25, -0.2) is 4.39 Å². The number of alkyl halides is 1. The van der Waals surface area contributed by atoms with Crippen LogP contribution in [0.25, 0.3) is 6.08 Å². The molecule has 0 N–H and O–H groups in total. The summed E-state index contributed by atoms with van der Waals surface area (Å²) in [6, 6.07) is 3.32. The number of halogens is 1. The van der Waals surface area contributed by atoms with Crippen molar-refractivity contribution in [2.75, 3.05) is 6.67 Å². The van der Waals surface area contributed by atoms with Crippen molar-refractivity contribution in [3.05, 3.63) is 66.1 Å². The van der Waals surface area contributed by atoms with E-state index in [0.717, 1.165) is 11.3 Å². The monoisotopic (exact) mass is 270 g/mol. The van der Waals surface area contributed by atoms with Crippen molar-refractivity contribution in [1.29, 1.82) is 5.26 Å². The van der Waals surface area contributed by atoms with Gasteiger partial charge in [0.15, 0.2) is 0 Å². The normalized spacial score (nSPS) is 11.8. The number of nitrogens with zero attached hydrogens (tertiary/aromatic N) is 2. The van der Waals surface area contributed by atoms with Gasteiger partial charge < -0.3 is 4.74 Å². The maximum absolute atomic E-state index is 12.1. The Morgan fingerprint density at radius 1 is 1.50 bits per heavy atom. The van der Waals surface area contributed by atoms with Gasteiger partial charge in [0.05, 0.1) is 5.69 Å². The highest BCUT2D eigenvalue weighted by Gasteiger charge is 1.99. The van der Waals surface area contributed by atoms with Crippen LogP contribution in [0, 0.1) is 18.4 Å². The predicted octanol–water partition coefficient (Wildman–Crippen LogP) is 3.90. The van der Waals surface area contributed by atoms with Crippen molar-refractivity contribution in [1.82, 2.24) is 4.98 Å². The zero-order valence-corrected chi connectivity index (χ0v) is 11.2. The van der Waals surface area contributed by atoms with Gasteiger partial charge in [-0.3, -0.25) is 4.98 Å². The number of aryl methyl sites for hydroxylation is 1. The third kappa shape index (κ3) is 5.32. The Morgan fingerprint density at radius 3 is 2.95 bits per heavy atom. The minimum atomic E-state index is -0.523. The summed E-state index contributed by atoms with van der Waals surface area (Å²) in [7, 11) is 0. The molecule has 0 unspecified atom stereocenters. The van der Waals surface area contributed by atoms with Gasteiger partial charge in [0, 0.05) is 17.8 Å². The minimum absolute atomic E-state index is 0.438. The highest BCUT2D eigenvalue weighted by molar-refractivity contribution is 5.54. The van der Waals surface area contributed by atoms with E-state index in [2.05, 4.69) is 11.6 Å². The summed E-state index contributed by atoms with van der Waals surface area (Å²) in [6.45, 7) is 4.89. The number of rotatable bonds is 6. The molecule has 0 aliphatic heterocycles. The predicted molar refractivity (Wildman–Crippen MR) is 77.6 cm³/mol. The third-order valence-electron chi connectivity index (χ3n) is 2.27. The zero-order valence-electron chi connectivity index (χ0n) is 11.2. The standard InChI is InChI=1S/C16H15FN2O/c1-3-5-14(6-4-9-17)7-8-15-11-16(20-12-18)10-13(2)19-15/h3-8,10-11H,1,9H2,2H3/b6-4-,8-7+,14-5+. The highest BCUT2D eigenvalue weighted by atomic mass is 19.1. The Hall–Kier alpha value is -2.67. The quantitative estimate of drug-likeness (QED) is 0.581. The molecular formula is C16H15FN2O. The van der Waals surface area contributed by atoms with Gasteiger partial charge in [-0.1, -0.05) is 37.0 Å². The van der Waals surface area contributed by atoms with E-state index in [0.29, 0.717) is 11.4 Å². The molecule has 0 amide bonds. The summed E-state index contributed by atoms with van der Waals surface area (Å²) in [5.41, 5.74) is 2.19. The van der Waals surface area contributed by atoms with Crippen LogP contribution in [0.2, 0.25) is 0 Å². The smallest absolute Gasteiger partial charge is 0.292 e. The van der Waals surface area contributed by atoms with Crippen molar-refractivity contribution in [2.24, 2.45) is 0 Å². The number of hydrogen-bond acceptors (Lipinski definition) is 3. The van der Waals surface area contributed by atoms with Gasteiger partial charge in [0.2, 0.25) is 0 Å². The second-order valence-electron chi connectivity index (χ2n) is 3.85. The first-order valence-corrected chi connectivity index (χ1v) is 5.97. The molecule has 3 nitrogen and oxygen atoms in total. The first kappa shape index (κ1) is 15.4. The fraction of sp³-hybridized carbons (Fsp3) is 0.125. The van der Waals surface area contributed by atoms with Crippen LogP contribution in [0.15, 0.2) is 54.7 Å². The molecule has 0 atom stereocenters. The van der Waals surface area contributed by atoms with Gasteiger partial charge in [-0.2, -0.15) is 0 Å². The van der Waals surface area contributed by atoms with Crippen LogP contribution in [0.4, 0.5) is 4.39 Å². The number of pyridine rings is 1. The van der Waals surface area contributed by atoms with Crippen molar-refractivity contribution in [2.45, 2.75) is 6.92 Å². The highest BCUT2D eigenvalue weighted by Crippen LogP contribution is 2.15. The Kier molecular flexibility index (Phi) is 6.49. The van der Waals surface area contributed by atoms with Crippen molar-refractivity contribution in [3.8, 4) is 12.0 Å². The largest absolute Gasteiger partial charge is 0.388 e. The van der Waals surface area contributed by atoms with Crippen molar-refractivity contribution < 1.29 is 9.13 Å². The molecule has 0 aliphatic rings. The summed E-state index contributed by atoms with van der Waals surface area (Å²) in [6.07, 6.45) is 11.6. The number of nitriles is 1. The summed E-state index contributed by atoms with van der Waals surface area (Å²) in [5.74, 6) is 0.438. The number of ether oxygens (including phenoxy) is 1. The molecule has 0 radical (unpaired) electrons. The summed E-state index contributed by atoms with van der Waals surface area (Å²) in [5, 5.41) is 8.51. The average molecular weight is 270 g/mol. The molecule has 0 aliphatic carbocycles. The zero-order chi connectivity index (χ0) is 14.8. The van der Waals surface area contributed by atoms with Crippen LogP contribution in [0.5, 0.6) is 5.75 Å². The second kappa shape index (κ2) is 8.44. The third-order valence-corrected chi connectivity index (χ3v) is 2.27. The summed E-state index contributed by atoms with van der Waals surface area (Å²) in [4.78, 5) is 4.30. The number of hydrogen-bond donors (Lipinski definition) is 0. The van der Waals surface area contributed by atoms with E-state index in [1.165, 1.54) is 6.08 Å². The molecule has 0 fully saturated rings. The average Bonchev–Trinajstić information content (AvgIpc) is 2.42. The molecule has 1 rings (SSSR count). The van der Waals surface area contributed by atoms with E-state index in [9.17, 15) is 4.39 Å². The van der Waals surface area contributed by atoms with Gasteiger partial charge >= 0.3 is 0 Å². The van der Waals surface area contributed by atoms with Crippen molar-refractivity contribution >= 4 is 6.08 Å². The lowest BCUT2D eigenvalue weighted by molar-refractivity contribution is 0.505. The van der Waals surface area contributed by atoms with E-state index >= 15 is 0 Å². The fourth-order valence-corrected chi connectivity index (χ4v) is 1.52. The van der Waals surface area contributed by atoms with Crippen LogP contribution < -0.4 is 4.74 Å². The number of allylic oxidation sites excluding steroid dienone is 6. The fourth-order valence-electron chi connectivity index (χ4n) is 1.52. The SMILES string of the molecule is C=C/C=C(\C=C/CF)/C=C/c1cc(OC#N)cc(C)n1. The molecule has 0 bridgehead atoms. The first-order chi connectivity index (χ1) is 9.69. The minimum Gasteiger partial charge on any atom is -0.388 e. The molecule has 0 saturated heterocycles. The Labute approximate surface area is 118 Å². The van der Waals surface area contributed by atoms with E-state index in [1.54, 1.807) is 48.8 Å². The Morgan fingerprint density at radius 2 is 2.30 bits per heavy atom. The topological polar surface area (TPSA) is 45.9 Å². The summed E-state index contributed by atoms with van der Waals surface area (Å²) >= 11 is 0. The lowest BCUT2D eigenvalue weighted by atomic mass is 10.2. The molecule has 20 heavy (non-hydrogen) atoms. The van der Waals surface area contributed by atoms with Crippen LogP contribution in [-0.4, -0.2) is 11.7 Å². The Balaban J connectivity index is 2.98. The lowest BCUT2D eigenvalue weighted by Crippen LogP contribution is -1.89. The van der Waals surface area contributed by atoms with E-state index < -0.39 is 6.67 Å². The van der Waals surface area contributed by atoms with Gasteiger partial charge in [-0.15, -0.1) is 5.26 Å². The number of aromatic nitrogens is 1. The van der Waals surface area contributed by atoms with Crippen LogP contribution in [0.3, 0.4) is 0 Å². The van der Waals surface area contributed by atoms with Crippen LogP contribution in [0.1, 0.15) is 11.4 Å². The van der Waals surface area contributed by atoms with Crippen molar-refractivity contribution in [3.63, 3.8) is 0 Å². The molecule has 1 aromatic rings. The van der Waals surface area contributed by atoms with Gasteiger partial charge in [0.25, 0.3) is 6.26 Å². The first-order valence-electron chi connectivity index (χ1n) is 5.97. The molecular weight excluding hydrogens is 255 g/mol. The molecule has 102 valence electrons. The molecule has 4 heteroatoms. The maximum Gasteiger partial charge on any atom is 0.292 e. The molecule has 0 saturated carbocycles. The van der Waals surface area contributed by atoms with Crippen LogP contribution >= 0.6 is 0 Å². The lowest BCUT2D eigenvalue weighted by Gasteiger charge is -2.00. The molecule has 0 spiro atoms. The van der Waals surface area contributed by atoms with Gasteiger partial charge in [0.1, 0.15) is 12.4 Å². The van der Waals surface area contributed by atoms with E-state index in [4.69, 9.17) is 10.00 Å².